The quantitative estimate of drug-likeness (QED) is 0.184. The summed E-state index contributed by atoms with van der Waals surface area (Å²) in [5, 5.41) is 14.2. The van der Waals surface area contributed by atoms with Crippen molar-refractivity contribution in [1.82, 2.24) is 19.7 Å². The lowest BCUT2D eigenvalue weighted by Crippen LogP contribution is -2.26. The van der Waals surface area contributed by atoms with Gasteiger partial charge in [-0.2, -0.15) is 5.10 Å². The molecule has 1 fully saturated rings. The number of carbonyl (C=O) groups is 1. The molecule has 1 aliphatic rings. The highest BCUT2D eigenvalue weighted by molar-refractivity contribution is 5.73. The maximum atomic E-state index is 12.5. The highest BCUT2D eigenvalue weighted by Crippen LogP contribution is 2.32. The molecule has 2 N–H and O–H groups in total. The summed E-state index contributed by atoms with van der Waals surface area (Å²) in [7, 11) is 0. The first kappa shape index (κ1) is 29.3. The van der Waals surface area contributed by atoms with Crippen LogP contribution in [0.3, 0.4) is 0 Å². The lowest BCUT2D eigenvalue weighted by atomic mass is 10.0. The van der Waals surface area contributed by atoms with Crippen LogP contribution in [0.4, 0.5) is 0 Å². The third-order valence-electron chi connectivity index (χ3n) is 7.25. The number of nitrogens with one attached hydrogen (secondary N) is 1. The van der Waals surface area contributed by atoms with E-state index < -0.39 is 18.4 Å². The lowest BCUT2D eigenvalue weighted by Gasteiger charge is -2.19. The number of H-pyrrole nitrogens is 1. The number of aliphatic hydroxyl groups excluding tert-OH is 1. The summed E-state index contributed by atoms with van der Waals surface area (Å²) < 4.78 is 13.1. The topological polar surface area (TPSA) is 119 Å². The van der Waals surface area contributed by atoms with Gasteiger partial charge >= 0.3 is 5.97 Å². The Bertz CT molecular complexity index is 975. The van der Waals surface area contributed by atoms with Gasteiger partial charge in [0.1, 0.15) is 5.39 Å². The lowest BCUT2D eigenvalue weighted by molar-refractivity contribution is -0.155. The van der Waals surface area contributed by atoms with Crippen molar-refractivity contribution in [3.05, 3.63) is 22.9 Å². The summed E-state index contributed by atoms with van der Waals surface area (Å²) in [6.45, 7) is 2.08. The maximum Gasteiger partial charge on any atom is 0.306 e. The predicted octanol–water partition coefficient (Wildman–Crippen LogP) is 5.57. The highest BCUT2D eigenvalue weighted by Gasteiger charge is 2.40. The van der Waals surface area contributed by atoms with Gasteiger partial charge in [-0.3, -0.25) is 9.59 Å². The van der Waals surface area contributed by atoms with Gasteiger partial charge in [0.15, 0.2) is 18.0 Å². The number of esters is 1. The van der Waals surface area contributed by atoms with Gasteiger partial charge < -0.3 is 19.6 Å². The number of hydrogen-bond donors (Lipinski definition) is 2. The maximum absolute atomic E-state index is 12.5. The third kappa shape index (κ3) is 9.52. The monoisotopic (exact) mass is 518 g/mol. The number of rotatable bonds is 19. The number of unbranched alkanes of at least 4 members (excludes halogenated alkanes) is 14. The molecule has 0 bridgehead atoms. The minimum Gasteiger partial charge on any atom is -0.457 e. The van der Waals surface area contributed by atoms with Crippen LogP contribution in [0.25, 0.3) is 11.0 Å². The Hall–Kier alpha value is -2.26. The summed E-state index contributed by atoms with van der Waals surface area (Å²) >= 11 is 0. The number of nitrogens with zero attached hydrogens (tertiary/aromatic N) is 3. The Morgan fingerprint density at radius 3 is 2.22 bits per heavy atom. The summed E-state index contributed by atoms with van der Waals surface area (Å²) in [6.07, 6.45) is 20.9. The second-order valence-electron chi connectivity index (χ2n) is 10.4. The van der Waals surface area contributed by atoms with Crippen LogP contribution in [0.2, 0.25) is 0 Å². The molecule has 0 amide bonds. The van der Waals surface area contributed by atoms with E-state index >= 15 is 0 Å². The number of ether oxygens (including phenoxy) is 2. The molecule has 37 heavy (non-hydrogen) atoms. The van der Waals surface area contributed by atoms with Crippen molar-refractivity contribution < 1.29 is 19.4 Å². The molecule has 0 radical (unpaired) electrons. The van der Waals surface area contributed by atoms with Gasteiger partial charge in [-0.1, -0.05) is 96.8 Å². The molecule has 0 spiro atoms. The molecule has 0 aromatic carbocycles. The fourth-order valence-corrected chi connectivity index (χ4v) is 5.08. The van der Waals surface area contributed by atoms with E-state index in [4.69, 9.17) is 9.47 Å². The predicted molar refractivity (Wildman–Crippen MR) is 143 cm³/mol. The molecule has 3 rings (SSSR count). The van der Waals surface area contributed by atoms with Crippen molar-refractivity contribution in [2.45, 2.75) is 135 Å². The van der Waals surface area contributed by atoms with E-state index in [0.29, 0.717) is 23.9 Å². The molecular weight excluding hydrogens is 472 g/mol. The van der Waals surface area contributed by atoms with Crippen LogP contribution in [0.5, 0.6) is 0 Å². The van der Waals surface area contributed by atoms with Gasteiger partial charge in [0.2, 0.25) is 0 Å². The van der Waals surface area contributed by atoms with Crippen LogP contribution < -0.4 is 5.56 Å². The number of aromatic amines is 1. The first-order valence-electron chi connectivity index (χ1n) is 14.5. The molecule has 0 saturated carbocycles. The fraction of sp³-hybridized carbons (Fsp3) is 0.786. The van der Waals surface area contributed by atoms with Crippen LogP contribution in [-0.4, -0.2) is 49.6 Å². The second-order valence-corrected chi connectivity index (χ2v) is 10.4. The fourth-order valence-electron chi connectivity index (χ4n) is 5.08. The van der Waals surface area contributed by atoms with Crippen molar-refractivity contribution >= 4 is 17.0 Å². The normalized spacial score (nSPS) is 19.6. The van der Waals surface area contributed by atoms with Crippen LogP contribution in [0.1, 0.15) is 122 Å². The van der Waals surface area contributed by atoms with Crippen LogP contribution in [0.15, 0.2) is 17.3 Å². The van der Waals surface area contributed by atoms with Crippen LogP contribution in [-0.2, 0) is 14.3 Å². The zero-order valence-electron chi connectivity index (χ0n) is 22.5. The molecule has 0 aliphatic carbocycles. The highest BCUT2D eigenvalue weighted by atomic mass is 16.6. The van der Waals surface area contributed by atoms with E-state index in [9.17, 15) is 14.7 Å². The number of aliphatic hydroxyl groups is 1. The van der Waals surface area contributed by atoms with Crippen molar-refractivity contribution in [2.75, 3.05) is 6.61 Å². The Morgan fingerprint density at radius 2 is 1.62 bits per heavy atom. The molecule has 3 atom stereocenters. The van der Waals surface area contributed by atoms with Gasteiger partial charge in [0.25, 0.3) is 5.56 Å². The Kier molecular flexibility index (Phi) is 13.1. The molecular formula is C28H46N4O5. The minimum absolute atomic E-state index is 0.184. The molecule has 9 nitrogen and oxygen atoms in total. The number of hydrogen-bond acceptors (Lipinski definition) is 7. The summed E-state index contributed by atoms with van der Waals surface area (Å²) in [5.41, 5.74) is 0.0606. The van der Waals surface area contributed by atoms with Gasteiger partial charge in [0.05, 0.1) is 25.2 Å². The van der Waals surface area contributed by atoms with Crippen molar-refractivity contribution in [2.24, 2.45) is 0 Å². The molecule has 208 valence electrons. The zero-order chi connectivity index (χ0) is 26.3. The average molecular weight is 519 g/mol. The van der Waals surface area contributed by atoms with E-state index in [1.165, 1.54) is 94.3 Å². The number of carbonyl (C=O) groups excluding carboxylic acids is 1. The summed E-state index contributed by atoms with van der Waals surface area (Å²) in [5.74, 6) is -0.269. The Balaban J connectivity index is 1.27. The molecule has 1 aliphatic heterocycles. The molecule has 9 heteroatoms. The molecule has 2 aromatic heterocycles. The van der Waals surface area contributed by atoms with Crippen molar-refractivity contribution in [3.8, 4) is 0 Å². The standard InChI is InChI=1S/C28H46N4O5/c1-2-3-4-5-6-7-8-9-10-11-12-13-14-15-16-17-25(34)37-24-18-22(20-33)36-28(24)32-26-23(19-31-32)27(35)30-21-29-26/h19,21-22,24,28,33H,2-18,20H2,1H3,(H,29,30,35)/t22-,24+,28+/m0/s1. The van der Waals surface area contributed by atoms with Gasteiger partial charge in [-0.25, -0.2) is 9.67 Å². The van der Waals surface area contributed by atoms with Crippen LogP contribution in [0, 0.1) is 0 Å². The van der Waals surface area contributed by atoms with Crippen LogP contribution >= 0.6 is 0 Å². The molecule has 1 saturated heterocycles. The smallest absolute Gasteiger partial charge is 0.306 e. The van der Waals surface area contributed by atoms with Gasteiger partial charge in [-0.15, -0.1) is 0 Å². The number of aromatic nitrogens is 4. The molecule has 3 heterocycles. The Morgan fingerprint density at radius 1 is 1.03 bits per heavy atom. The first-order valence-corrected chi connectivity index (χ1v) is 14.5. The average Bonchev–Trinajstić information content (AvgIpc) is 3.51. The van der Waals surface area contributed by atoms with E-state index in [2.05, 4.69) is 22.0 Å². The van der Waals surface area contributed by atoms with E-state index in [0.717, 1.165) is 19.3 Å². The SMILES string of the molecule is CCCCCCCCCCCCCCCCCC(=O)O[C@@H]1C[C@@H](CO)O[C@H]1n1ncc2c(=O)[nH]cnc21. The van der Waals surface area contributed by atoms with Crippen molar-refractivity contribution in [1.29, 1.82) is 0 Å². The summed E-state index contributed by atoms with van der Waals surface area (Å²) in [4.78, 5) is 31.2. The molecule has 2 aromatic rings. The van der Waals surface area contributed by atoms with E-state index in [1.54, 1.807) is 0 Å². The first-order chi connectivity index (χ1) is 18.1. The third-order valence-corrected chi connectivity index (χ3v) is 7.25. The molecule has 0 unspecified atom stereocenters. The second kappa shape index (κ2) is 16.6. The largest absolute Gasteiger partial charge is 0.457 e. The summed E-state index contributed by atoms with van der Waals surface area (Å²) in [6, 6.07) is 0. The number of fused-ring (bicyclic) bond motifs is 1. The minimum atomic E-state index is -0.728. The van der Waals surface area contributed by atoms with Gasteiger partial charge in [-0.05, 0) is 6.42 Å². The van der Waals surface area contributed by atoms with Gasteiger partial charge in [0, 0.05) is 12.8 Å². The van der Waals surface area contributed by atoms with E-state index in [-0.39, 0.29) is 18.1 Å². The van der Waals surface area contributed by atoms with Crippen molar-refractivity contribution in [3.63, 3.8) is 0 Å². The van der Waals surface area contributed by atoms with E-state index in [1.807, 2.05) is 0 Å². The zero-order valence-corrected chi connectivity index (χ0v) is 22.5. The Labute approximate surface area is 220 Å².